The minimum Gasteiger partial charge on any atom is -0.489 e. The summed E-state index contributed by atoms with van der Waals surface area (Å²) in [4.78, 5) is 10.9. The van der Waals surface area contributed by atoms with Gasteiger partial charge in [0.15, 0.2) is 0 Å². The molecule has 0 aromatic heterocycles. The predicted molar refractivity (Wildman–Crippen MR) is 73.9 cm³/mol. The van der Waals surface area contributed by atoms with E-state index in [4.69, 9.17) is 21.4 Å². The Hall–Kier alpha value is -2.00. The first-order valence-electron chi connectivity index (χ1n) is 5.77. The van der Waals surface area contributed by atoms with E-state index in [0.717, 1.165) is 5.56 Å². The molecule has 0 aliphatic carbocycles. The van der Waals surface area contributed by atoms with Gasteiger partial charge in [-0.3, -0.25) is 0 Å². The van der Waals surface area contributed by atoms with E-state index in [2.05, 4.69) is 0 Å². The van der Waals surface area contributed by atoms with Crippen molar-refractivity contribution < 1.29 is 14.6 Å². The summed E-state index contributed by atoms with van der Waals surface area (Å²) in [7, 11) is 0. The van der Waals surface area contributed by atoms with E-state index < -0.39 is 5.97 Å². The monoisotopic (exact) mass is 276 g/mol. The van der Waals surface area contributed by atoms with Crippen LogP contribution in [0.5, 0.6) is 5.75 Å². The number of aryl methyl sites for hydroxylation is 1. The molecular weight excluding hydrogens is 264 g/mol. The van der Waals surface area contributed by atoms with Crippen LogP contribution in [0.1, 0.15) is 21.5 Å². The summed E-state index contributed by atoms with van der Waals surface area (Å²) in [5.74, 6) is -0.576. The summed E-state index contributed by atoms with van der Waals surface area (Å²) in [5.41, 5.74) is 2.25. The van der Waals surface area contributed by atoms with Crippen molar-refractivity contribution in [2.45, 2.75) is 13.5 Å². The zero-order valence-corrected chi connectivity index (χ0v) is 11.1. The van der Waals surface area contributed by atoms with E-state index in [9.17, 15) is 4.79 Å². The van der Waals surface area contributed by atoms with Crippen molar-refractivity contribution in [2.75, 3.05) is 0 Å². The molecule has 0 saturated heterocycles. The average molecular weight is 277 g/mol. The van der Waals surface area contributed by atoms with E-state index >= 15 is 0 Å². The average Bonchev–Trinajstić information content (AvgIpc) is 2.39. The SMILES string of the molecule is Cc1ccc(COc2ccc(Cl)c(C(=O)O)c2)cc1. The highest BCUT2D eigenvalue weighted by molar-refractivity contribution is 6.33. The van der Waals surface area contributed by atoms with Gasteiger partial charge in [-0.1, -0.05) is 41.4 Å². The van der Waals surface area contributed by atoms with Crippen LogP contribution in [-0.4, -0.2) is 11.1 Å². The fourth-order valence-corrected chi connectivity index (χ4v) is 1.81. The van der Waals surface area contributed by atoms with E-state index in [1.807, 2.05) is 31.2 Å². The topological polar surface area (TPSA) is 46.5 Å². The molecule has 0 heterocycles. The fourth-order valence-electron chi connectivity index (χ4n) is 1.61. The van der Waals surface area contributed by atoms with Gasteiger partial charge in [0.25, 0.3) is 0 Å². The molecule has 2 aromatic carbocycles. The molecule has 0 spiro atoms. The van der Waals surface area contributed by atoms with Gasteiger partial charge in [-0.15, -0.1) is 0 Å². The molecule has 98 valence electrons. The summed E-state index contributed by atoms with van der Waals surface area (Å²) in [6.07, 6.45) is 0. The number of aromatic carboxylic acids is 1. The summed E-state index contributed by atoms with van der Waals surface area (Å²) < 4.78 is 5.56. The van der Waals surface area contributed by atoms with Crippen LogP contribution < -0.4 is 4.74 Å². The Morgan fingerprint density at radius 1 is 1.21 bits per heavy atom. The Morgan fingerprint density at radius 3 is 2.53 bits per heavy atom. The Bertz CT molecular complexity index is 591. The highest BCUT2D eigenvalue weighted by Gasteiger charge is 2.09. The van der Waals surface area contributed by atoms with Crippen molar-refractivity contribution >= 4 is 17.6 Å². The van der Waals surface area contributed by atoms with Gasteiger partial charge in [0.05, 0.1) is 10.6 Å². The first-order chi connectivity index (χ1) is 9.06. The number of carboxylic acids is 1. The molecule has 0 saturated carbocycles. The maximum atomic E-state index is 10.9. The van der Waals surface area contributed by atoms with Gasteiger partial charge in [0.1, 0.15) is 12.4 Å². The number of halogens is 1. The van der Waals surface area contributed by atoms with Gasteiger partial charge in [-0.2, -0.15) is 0 Å². The molecule has 1 N–H and O–H groups in total. The number of carbonyl (C=O) groups is 1. The van der Waals surface area contributed by atoms with Gasteiger partial charge >= 0.3 is 5.97 Å². The molecule has 19 heavy (non-hydrogen) atoms. The summed E-state index contributed by atoms with van der Waals surface area (Å²) in [5, 5.41) is 9.17. The van der Waals surface area contributed by atoms with Crippen LogP contribution in [-0.2, 0) is 6.61 Å². The molecular formula is C15H13ClO3. The first kappa shape index (κ1) is 13.4. The highest BCUT2D eigenvalue weighted by atomic mass is 35.5. The molecule has 0 bridgehead atoms. The number of ether oxygens (including phenoxy) is 1. The van der Waals surface area contributed by atoms with Crippen molar-refractivity contribution in [1.29, 1.82) is 0 Å². The van der Waals surface area contributed by atoms with Crippen LogP contribution in [0.15, 0.2) is 42.5 Å². The Balaban J connectivity index is 2.09. The molecule has 0 aliphatic heterocycles. The Labute approximate surface area is 116 Å². The van der Waals surface area contributed by atoms with Crippen molar-refractivity contribution in [3.63, 3.8) is 0 Å². The fraction of sp³-hybridized carbons (Fsp3) is 0.133. The van der Waals surface area contributed by atoms with Gasteiger partial charge in [0.2, 0.25) is 0 Å². The van der Waals surface area contributed by atoms with Crippen molar-refractivity contribution in [3.05, 3.63) is 64.2 Å². The molecule has 0 aliphatic rings. The summed E-state index contributed by atoms with van der Waals surface area (Å²) >= 11 is 5.79. The third kappa shape index (κ3) is 3.48. The number of benzene rings is 2. The lowest BCUT2D eigenvalue weighted by atomic mass is 10.2. The summed E-state index contributed by atoms with van der Waals surface area (Å²) in [6, 6.07) is 12.6. The summed E-state index contributed by atoms with van der Waals surface area (Å²) in [6.45, 7) is 2.41. The van der Waals surface area contributed by atoms with E-state index in [1.165, 1.54) is 17.7 Å². The first-order valence-corrected chi connectivity index (χ1v) is 6.15. The smallest absolute Gasteiger partial charge is 0.337 e. The molecule has 4 heteroatoms. The lowest BCUT2D eigenvalue weighted by Crippen LogP contribution is -2.00. The van der Waals surface area contributed by atoms with Gasteiger partial charge in [0, 0.05) is 0 Å². The van der Waals surface area contributed by atoms with Crippen LogP contribution in [0.2, 0.25) is 5.02 Å². The van der Waals surface area contributed by atoms with Crippen LogP contribution >= 0.6 is 11.6 Å². The third-order valence-electron chi connectivity index (χ3n) is 2.69. The quantitative estimate of drug-likeness (QED) is 0.920. The second-order valence-corrected chi connectivity index (χ2v) is 4.63. The molecule has 3 nitrogen and oxygen atoms in total. The Morgan fingerprint density at radius 2 is 1.89 bits per heavy atom. The van der Waals surface area contributed by atoms with Crippen LogP contribution in [0.3, 0.4) is 0 Å². The maximum absolute atomic E-state index is 10.9. The van der Waals surface area contributed by atoms with Gasteiger partial charge in [-0.05, 0) is 30.7 Å². The Kier molecular flexibility index (Phi) is 4.07. The minimum atomic E-state index is -1.06. The molecule has 2 rings (SSSR count). The molecule has 2 aromatic rings. The third-order valence-corrected chi connectivity index (χ3v) is 3.02. The number of carboxylic acid groups (broad SMARTS) is 1. The van der Waals surface area contributed by atoms with Gasteiger partial charge < -0.3 is 9.84 Å². The van der Waals surface area contributed by atoms with Gasteiger partial charge in [-0.25, -0.2) is 4.79 Å². The second kappa shape index (κ2) is 5.76. The molecule has 0 fully saturated rings. The predicted octanol–water partition coefficient (Wildman–Crippen LogP) is 3.93. The normalized spacial score (nSPS) is 10.2. The standard InChI is InChI=1S/C15H13ClO3/c1-10-2-4-11(5-3-10)9-19-12-6-7-14(16)13(8-12)15(17)18/h2-8H,9H2,1H3,(H,17,18). The number of hydrogen-bond donors (Lipinski definition) is 1. The number of hydrogen-bond acceptors (Lipinski definition) is 2. The van der Waals surface area contributed by atoms with Crippen LogP contribution in [0, 0.1) is 6.92 Å². The molecule has 0 atom stereocenters. The highest BCUT2D eigenvalue weighted by Crippen LogP contribution is 2.22. The lowest BCUT2D eigenvalue weighted by molar-refractivity contribution is 0.0696. The maximum Gasteiger partial charge on any atom is 0.337 e. The van der Waals surface area contributed by atoms with Crippen molar-refractivity contribution in [2.24, 2.45) is 0 Å². The van der Waals surface area contributed by atoms with Crippen LogP contribution in [0.4, 0.5) is 0 Å². The molecule has 0 radical (unpaired) electrons. The zero-order valence-electron chi connectivity index (χ0n) is 10.4. The lowest BCUT2D eigenvalue weighted by Gasteiger charge is -2.08. The zero-order chi connectivity index (χ0) is 13.8. The van der Waals surface area contributed by atoms with E-state index in [0.29, 0.717) is 12.4 Å². The van der Waals surface area contributed by atoms with E-state index in [1.54, 1.807) is 6.07 Å². The molecule has 0 amide bonds. The largest absolute Gasteiger partial charge is 0.489 e. The van der Waals surface area contributed by atoms with Crippen LogP contribution in [0.25, 0.3) is 0 Å². The van der Waals surface area contributed by atoms with Crippen molar-refractivity contribution in [3.8, 4) is 5.75 Å². The van der Waals surface area contributed by atoms with Crippen molar-refractivity contribution in [1.82, 2.24) is 0 Å². The second-order valence-electron chi connectivity index (χ2n) is 4.22. The number of rotatable bonds is 4. The molecule has 0 unspecified atom stereocenters. The minimum absolute atomic E-state index is 0.0445. The van der Waals surface area contributed by atoms with E-state index in [-0.39, 0.29) is 10.6 Å².